The van der Waals surface area contributed by atoms with Gasteiger partial charge in [-0.05, 0) is 81.4 Å². The Balaban J connectivity index is 1.22. The van der Waals surface area contributed by atoms with Crippen LogP contribution in [0.2, 0.25) is 0 Å². The van der Waals surface area contributed by atoms with Gasteiger partial charge in [-0.1, -0.05) is 12.1 Å². The van der Waals surface area contributed by atoms with E-state index in [1.165, 1.54) is 36.0 Å². The monoisotopic (exact) mass is 429 g/mol. The molecule has 1 aliphatic heterocycles. The summed E-state index contributed by atoms with van der Waals surface area (Å²) in [5.74, 6) is 3.04. The van der Waals surface area contributed by atoms with Crippen LogP contribution in [0.25, 0.3) is 0 Å². The molecule has 6 heteroatoms. The van der Waals surface area contributed by atoms with E-state index in [2.05, 4.69) is 32.3 Å². The van der Waals surface area contributed by atoms with Crippen LogP contribution in [0, 0.1) is 6.92 Å². The van der Waals surface area contributed by atoms with Gasteiger partial charge in [0.2, 0.25) is 0 Å². The van der Waals surface area contributed by atoms with E-state index >= 15 is 0 Å². The second kappa shape index (κ2) is 9.25. The highest BCUT2D eigenvalue weighted by Crippen LogP contribution is 2.33. The van der Waals surface area contributed by atoms with Crippen LogP contribution in [0.5, 0.6) is 5.75 Å². The Morgan fingerprint density at radius 1 is 1.03 bits per heavy atom. The molecule has 2 aromatic heterocycles. The summed E-state index contributed by atoms with van der Waals surface area (Å²) in [4.78, 5) is 16.3. The largest absolute Gasteiger partial charge is 0.496 e. The van der Waals surface area contributed by atoms with Crippen LogP contribution in [0.3, 0.4) is 0 Å². The zero-order valence-corrected chi connectivity index (χ0v) is 19.0. The van der Waals surface area contributed by atoms with Crippen molar-refractivity contribution in [2.75, 3.05) is 25.5 Å². The number of nitrogens with one attached hydrogen (secondary N) is 1. The molecule has 1 aromatic carbocycles. The lowest BCUT2D eigenvalue weighted by Crippen LogP contribution is -2.33. The van der Waals surface area contributed by atoms with Gasteiger partial charge in [0.1, 0.15) is 17.4 Å². The predicted octanol–water partition coefficient (Wildman–Crippen LogP) is 4.80. The summed E-state index contributed by atoms with van der Waals surface area (Å²) in [7, 11) is 1.79. The number of hydrogen-bond acceptors (Lipinski definition) is 6. The van der Waals surface area contributed by atoms with E-state index in [1.54, 1.807) is 13.3 Å². The molecule has 1 saturated heterocycles. The van der Waals surface area contributed by atoms with E-state index in [0.717, 1.165) is 61.2 Å². The van der Waals surface area contributed by atoms with Crippen LogP contribution >= 0.6 is 0 Å². The molecule has 3 heterocycles. The maximum atomic E-state index is 5.71. The van der Waals surface area contributed by atoms with Crippen molar-refractivity contribution in [3.8, 4) is 5.75 Å². The van der Waals surface area contributed by atoms with Gasteiger partial charge in [-0.2, -0.15) is 0 Å². The number of rotatable bonds is 6. The van der Waals surface area contributed by atoms with Crippen molar-refractivity contribution in [1.29, 1.82) is 0 Å². The molecule has 166 valence electrons. The average molecular weight is 430 g/mol. The summed E-state index contributed by atoms with van der Waals surface area (Å²) < 4.78 is 5.71. The molecular formula is C26H31N5O. The lowest BCUT2D eigenvalue weighted by Gasteiger charge is -2.32. The molecule has 0 amide bonds. The molecule has 0 radical (unpaired) electrons. The van der Waals surface area contributed by atoms with Crippen molar-refractivity contribution in [2.24, 2.45) is 0 Å². The molecule has 0 atom stereocenters. The number of likely N-dealkylation sites (tertiary alicyclic amines) is 1. The minimum atomic E-state index is 0.438. The summed E-state index contributed by atoms with van der Waals surface area (Å²) in [5.41, 5.74) is 6.35. The Morgan fingerprint density at radius 2 is 1.84 bits per heavy atom. The lowest BCUT2D eigenvalue weighted by molar-refractivity contribution is 0.201. The number of fused-ring (bicyclic) bond motifs is 1. The van der Waals surface area contributed by atoms with Gasteiger partial charge in [0, 0.05) is 29.9 Å². The first-order chi connectivity index (χ1) is 15.7. The highest BCUT2D eigenvalue weighted by atomic mass is 16.5. The Morgan fingerprint density at radius 3 is 2.62 bits per heavy atom. The quantitative estimate of drug-likeness (QED) is 0.607. The summed E-state index contributed by atoms with van der Waals surface area (Å²) in [6.45, 7) is 5.06. The Labute approximate surface area is 190 Å². The number of benzene rings is 1. The number of pyridine rings is 1. The second-order valence-corrected chi connectivity index (χ2v) is 8.96. The van der Waals surface area contributed by atoms with Crippen molar-refractivity contribution >= 4 is 11.6 Å². The Bertz CT molecular complexity index is 1090. The molecule has 1 N–H and O–H groups in total. The smallest absolute Gasteiger partial charge is 0.150 e. The predicted molar refractivity (Wildman–Crippen MR) is 127 cm³/mol. The van der Waals surface area contributed by atoms with Crippen molar-refractivity contribution in [3.63, 3.8) is 0 Å². The second-order valence-electron chi connectivity index (χ2n) is 8.96. The minimum absolute atomic E-state index is 0.438. The van der Waals surface area contributed by atoms with Crippen molar-refractivity contribution in [2.45, 2.75) is 51.5 Å². The minimum Gasteiger partial charge on any atom is -0.496 e. The molecule has 0 unspecified atom stereocenters. The van der Waals surface area contributed by atoms with E-state index in [4.69, 9.17) is 9.72 Å². The fourth-order valence-electron chi connectivity index (χ4n) is 4.98. The fourth-order valence-corrected chi connectivity index (χ4v) is 4.98. The normalized spacial score (nSPS) is 16.7. The summed E-state index contributed by atoms with van der Waals surface area (Å²) >= 11 is 0. The van der Waals surface area contributed by atoms with Crippen LogP contribution in [0.1, 0.15) is 53.3 Å². The first-order valence-corrected chi connectivity index (χ1v) is 11.6. The number of nitrogens with zero attached hydrogens (tertiary/aromatic N) is 4. The van der Waals surface area contributed by atoms with Crippen LogP contribution in [0.4, 0.5) is 11.6 Å². The summed E-state index contributed by atoms with van der Waals surface area (Å²) in [5, 5.41) is 3.29. The lowest BCUT2D eigenvalue weighted by atomic mass is 9.93. The molecule has 3 aromatic rings. The SMILES string of the molecule is COc1cc2c(cc1CN1CCC(c3cncc(Nc4cccc(C)n4)n3)CC1)CCC2. The number of anilines is 2. The number of ether oxygens (including phenoxy) is 1. The van der Waals surface area contributed by atoms with Crippen molar-refractivity contribution in [1.82, 2.24) is 19.9 Å². The first kappa shape index (κ1) is 20.9. The molecule has 0 bridgehead atoms. The third kappa shape index (κ3) is 4.60. The summed E-state index contributed by atoms with van der Waals surface area (Å²) in [6, 6.07) is 10.6. The fraction of sp³-hybridized carbons (Fsp3) is 0.423. The van der Waals surface area contributed by atoms with E-state index in [-0.39, 0.29) is 0 Å². The van der Waals surface area contributed by atoms with Crippen molar-refractivity contribution in [3.05, 3.63) is 70.8 Å². The zero-order valence-electron chi connectivity index (χ0n) is 19.0. The molecule has 1 fully saturated rings. The molecular weight excluding hydrogens is 398 g/mol. The average Bonchev–Trinajstić information content (AvgIpc) is 3.26. The van der Waals surface area contributed by atoms with Gasteiger partial charge >= 0.3 is 0 Å². The van der Waals surface area contributed by atoms with Crippen LogP contribution in [-0.2, 0) is 19.4 Å². The van der Waals surface area contributed by atoms with E-state index in [0.29, 0.717) is 5.92 Å². The maximum absolute atomic E-state index is 5.71. The molecule has 1 aliphatic carbocycles. The van der Waals surface area contributed by atoms with Crippen LogP contribution in [0.15, 0.2) is 42.7 Å². The van der Waals surface area contributed by atoms with Gasteiger partial charge in [-0.3, -0.25) is 9.88 Å². The zero-order chi connectivity index (χ0) is 21.9. The Hall–Kier alpha value is -2.99. The van der Waals surface area contributed by atoms with Gasteiger partial charge in [0.15, 0.2) is 0 Å². The summed E-state index contributed by atoms with van der Waals surface area (Å²) in [6.07, 6.45) is 9.52. The Kier molecular flexibility index (Phi) is 6.04. The van der Waals surface area contributed by atoms with Gasteiger partial charge in [-0.25, -0.2) is 9.97 Å². The molecule has 2 aliphatic rings. The molecule has 0 saturated carbocycles. The van der Waals surface area contributed by atoms with Gasteiger partial charge in [0.05, 0.1) is 19.0 Å². The molecule has 32 heavy (non-hydrogen) atoms. The van der Waals surface area contributed by atoms with Gasteiger partial charge in [0.25, 0.3) is 0 Å². The first-order valence-electron chi connectivity index (χ1n) is 11.6. The maximum Gasteiger partial charge on any atom is 0.150 e. The number of methoxy groups -OCH3 is 1. The van der Waals surface area contributed by atoms with E-state index < -0.39 is 0 Å². The highest BCUT2D eigenvalue weighted by Gasteiger charge is 2.24. The van der Waals surface area contributed by atoms with Gasteiger partial charge < -0.3 is 10.1 Å². The molecule has 6 nitrogen and oxygen atoms in total. The standard InChI is InChI=1S/C26H31N5O/c1-18-5-3-8-25(28-18)30-26-16-27-15-23(29-26)19-9-11-31(12-10-19)17-22-13-20-6-4-7-21(20)14-24(22)32-2/h3,5,8,13-16,19H,4,6-7,9-12,17H2,1-2H3,(H,28,29,30). The highest BCUT2D eigenvalue weighted by molar-refractivity contribution is 5.50. The van der Waals surface area contributed by atoms with E-state index in [1.807, 2.05) is 31.3 Å². The third-order valence-electron chi connectivity index (χ3n) is 6.69. The molecule has 0 spiro atoms. The van der Waals surface area contributed by atoms with Gasteiger partial charge in [-0.15, -0.1) is 0 Å². The number of aryl methyl sites for hydroxylation is 3. The third-order valence-corrected chi connectivity index (χ3v) is 6.69. The van der Waals surface area contributed by atoms with Crippen molar-refractivity contribution < 1.29 is 4.74 Å². The number of piperidine rings is 1. The molecule has 5 rings (SSSR count). The topological polar surface area (TPSA) is 63.2 Å². The number of hydrogen-bond donors (Lipinski definition) is 1. The van der Waals surface area contributed by atoms with E-state index in [9.17, 15) is 0 Å². The number of aromatic nitrogens is 3. The van der Waals surface area contributed by atoms with Crippen LogP contribution < -0.4 is 10.1 Å². The van der Waals surface area contributed by atoms with Crippen LogP contribution in [-0.4, -0.2) is 40.1 Å².